The Morgan fingerprint density at radius 1 is 1.00 bits per heavy atom. The van der Waals surface area contributed by atoms with Crippen molar-refractivity contribution in [2.24, 2.45) is 17.8 Å². The Labute approximate surface area is 274 Å². The number of cyclic esters (lactones) is 2. The van der Waals surface area contributed by atoms with Gasteiger partial charge in [0.2, 0.25) is 11.8 Å². The van der Waals surface area contributed by atoms with E-state index in [4.69, 9.17) is 32.7 Å². The summed E-state index contributed by atoms with van der Waals surface area (Å²) in [6.45, 7) is 7.16. The fourth-order valence-corrected chi connectivity index (χ4v) is 5.13. The first-order valence-electron chi connectivity index (χ1n) is 14.9. The summed E-state index contributed by atoms with van der Waals surface area (Å²) in [6.07, 6.45) is 5.31. The largest absolute Gasteiger partial charge is 0.505 e. The van der Waals surface area contributed by atoms with Crippen LogP contribution < -0.4 is 10.6 Å². The maximum Gasteiger partial charge on any atom is 0.347 e. The first-order valence-corrected chi connectivity index (χ1v) is 15.7. The summed E-state index contributed by atoms with van der Waals surface area (Å²) in [5, 5.41) is 15.3. The Hall–Kier alpha value is -3.82. The highest BCUT2D eigenvalue weighted by Crippen LogP contribution is 2.33. The number of hydrogen-bond acceptors (Lipinski definition) is 7. The monoisotopic (exact) mass is 658 g/mol. The highest BCUT2D eigenvalue weighted by atomic mass is 35.5. The predicted molar refractivity (Wildman–Crippen MR) is 174 cm³/mol. The van der Waals surface area contributed by atoms with Crippen LogP contribution in [0.1, 0.15) is 51.7 Å². The average Bonchev–Trinajstić information content (AvgIpc) is 2.99. The normalized spacial score (nSPS) is 22.9. The quantitative estimate of drug-likeness (QED) is 0.327. The van der Waals surface area contributed by atoms with Crippen molar-refractivity contribution in [3.8, 4) is 5.75 Å². The molecule has 0 spiro atoms. The number of phenolic OH excluding ortho intramolecular Hbond substituents is 1. The number of rotatable bonds is 7. The van der Waals surface area contributed by atoms with E-state index in [1.807, 2.05) is 63.3 Å². The van der Waals surface area contributed by atoms with Crippen molar-refractivity contribution in [1.82, 2.24) is 10.6 Å². The van der Waals surface area contributed by atoms with E-state index in [2.05, 4.69) is 10.6 Å². The van der Waals surface area contributed by atoms with Crippen molar-refractivity contribution in [3.63, 3.8) is 0 Å². The molecular weight excluding hydrogens is 619 g/mol. The summed E-state index contributed by atoms with van der Waals surface area (Å²) in [5.74, 6) is -3.79. The average molecular weight is 660 g/mol. The molecule has 3 rings (SSSR count). The molecule has 0 bridgehead atoms. The molecule has 5 atom stereocenters. The molecule has 1 heterocycles. The second kappa shape index (κ2) is 17.0. The van der Waals surface area contributed by atoms with Gasteiger partial charge in [-0.2, -0.15) is 0 Å². The van der Waals surface area contributed by atoms with Gasteiger partial charge in [0.15, 0.2) is 11.9 Å². The number of phenols is 1. The minimum Gasteiger partial charge on any atom is -0.505 e. The van der Waals surface area contributed by atoms with E-state index in [1.165, 1.54) is 18.2 Å². The molecule has 0 fully saturated rings. The summed E-state index contributed by atoms with van der Waals surface area (Å²) >= 11 is 12.1. The van der Waals surface area contributed by atoms with E-state index in [0.29, 0.717) is 5.56 Å². The van der Waals surface area contributed by atoms with Crippen LogP contribution in [0.3, 0.4) is 0 Å². The number of halogens is 2. The van der Waals surface area contributed by atoms with Crippen LogP contribution in [0.15, 0.2) is 60.7 Å². The molecule has 0 aliphatic carbocycles. The van der Waals surface area contributed by atoms with Gasteiger partial charge in [-0.15, -0.1) is 0 Å². The van der Waals surface area contributed by atoms with Crippen LogP contribution in [-0.4, -0.2) is 53.7 Å². The molecule has 0 radical (unpaired) electrons. The molecule has 11 heteroatoms. The number of nitrogens with one attached hydrogen (secondary N) is 2. The second-order valence-corrected chi connectivity index (χ2v) is 12.4. The molecule has 9 nitrogen and oxygen atoms in total. The highest BCUT2D eigenvalue weighted by molar-refractivity contribution is 6.37. The molecule has 1 aliphatic rings. The molecule has 1 aliphatic heterocycles. The smallest absolute Gasteiger partial charge is 0.347 e. The molecule has 2 aromatic rings. The van der Waals surface area contributed by atoms with Gasteiger partial charge in [-0.05, 0) is 41.7 Å². The number of aromatic hydroxyl groups is 1. The fourth-order valence-electron chi connectivity index (χ4n) is 4.59. The Balaban J connectivity index is 1.91. The Morgan fingerprint density at radius 2 is 1.67 bits per heavy atom. The number of esters is 2. The molecule has 0 saturated carbocycles. The lowest BCUT2D eigenvalue weighted by Gasteiger charge is -2.26. The molecule has 242 valence electrons. The van der Waals surface area contributed by atoms with Crippen LogP contribution in [0, 0.1) is 17.8 Å². The molecule has 0 unspecified atom stereocenters. The van der Waals surface area contributed by atoms with Gasteiger partial charge in [-0.1, -0.05) is 99.5 Å². The molecule has 0 saturated heterocycles. The van der Waals surface area contributed by atoms with Crippen molar-refractivity contribution in [3.05, 3.63) is 81.9 Å². The second-order valence-electron chi connectivity index (χ2n) is 11.6. The number of carbonyl (C=O) groups is 4. The van der Waals surface area contributed by atoms with Gasteiger partial charge < -0.3 is 25.2 Å². The Kier molecular flexibility index (Phi) is 13.5. The predicted octanol–water partition coefficient (Wildman–Crippen LogP) is 5.66. The van der Waals surface area contributed by atoms with E-state index in [0.717, 1.165) is 5.56 Å². The topological polar surface area (TPSA) is 131 Å². The van der Waals surface area contributed by atoms with Gasteiger partial charge >= 0.3 is 11.9 Å². The van der Waals surface area contributed by atoms with Gasteiger partial charge in [-0.25, -0.2) is 4.79 Å². The third-order valence-corrected chi connectivity index (χ3v) is 7.80. The molecule has 2 amide bonds. The number of carbonyl (C=O) groups excluding carboxylic acids is 4. The number of ether oxygens (including phenoxy) is 2. The van der Waals surface area contributed by atoms with Gasteiger partial charge in [-0.3, -0.25) is 14.4 Å². The highest BCUT2D eigenvalue weighted by Gasteiger charge is 2.32. The lowest BCUT2D eigenvalue weighted by molar-refractivity contribution is -0.175. The van der Waals surface area contributed by atoms with Gasteiger partial charge in [0, 0.05) is 25.3 Å². The van der Waals surface area contributed by atoms with Crippen molar-refractivity contribution >= 4 is 53.0 Å². The Bertz CT molecular complexity index is 1390. The van der Waals surface area contributed by atoms with Crippen LogP contribution in [0.5, 0.6) is 5.75 Å². The maximum absolute atomic E-state index is 13.4. The molecule has 0 aromatic heterocycles. The number of hydrogen-bond donors (Lipinski definition) is 3. The van der Waals surface area contributed by atoms with E-state index in [-0.39, 0.29) is 53.4 Å². The van der Waals surface area contributed by atoms with Gasteiger partial charge in [0.05, 0.1) is 16.0 Å². The maximum atomic E-state index is 13.4. The summed E-state index contributed by atoms with van der Waals surface area (Å²) in [5.41, 5.74) is 1.47. The zero-order valence-electron chi connectivity index (χ0n) is 25.8. The Morgan fingerprint density at radius 3 is 2.31 bits per heavy atom. The SMILES string of the molecule is CC(C)C[C@@H]1OC(=O)[C@H](C)CNC(=O)[C@@H](Cc2cc(Cl)c(O)c(Cl)c2)NC(=O)C=CC[C@@H]([C@H](C)/C=C/c2ccccc2)OC1=O. The number of benzene rings is 2. The van der Waals surface area contributed by atoms with E-state index < -0.39 is 47.9 Å². The fraction of sp³-hybridized carbons (Fsp3) is 0.412. The van der Waals surface area contributed by atoms with Crippen molar-refractivity contribution in [2.75, 3.05) is 6.54 Å². The molecule has 2 aromatic carbocycles. The lowest BCUT2D eigenvalue weighted by atomic mass is 9.99. The first-order chi connectivity index (χ1) is 21.3. The summed E-state index contributed by atoms with van der Waals surface area (Å²) < 4.78 is 11.6. The first kappa shape index (κ1) is 35.7. The van der Waals surface area contributed by atoms with Crippen LogP contribution in [0.2, 0.25) is 10.0 Å². The van der Waals surface area contributed by atoms with Gasteiger partial charge in [0.25, 0.3) is 0 Å². The minimum absolute atomic E-state index is 0.000629. The van der Waals surface area contributed by atoms with Crippen molar-refractivity contribution in [2.45, 2.75) is 65.2 Å². The van der Waals surface area contributed by atoms with Crippen molar-refractivity contribution in [1.29, 1.82) is 0 Å². The van der Waals surface area contributed by atoms with Crippen LogP contribution in [-0.2, 0) is 35.1 Å². The number of amides is 2. The third-order valence-electron chi connectivity index (χ3n) is 7.22. The zero-order chi connectivity index (χ0) is 33.1. The third kappa shape index (κ3) is 11.2. The summed E-state index contributed by atoms with van der Waals surface area (Å²) in [4.78, 5) is 52.6. The van der Waals surface area contributed by atoms with Crippen LogP contribution in [0.25, 0.3) is 6.08 Å². The molecule has 3 N–H and O–H groups in total. The van der Waals surface area contributed by atoms with Crippen molar-refractivity contribution < 1.29 is 33.8 Å². The van der Waals surface area contributed by atoms with Crippen LogP contribution in [0.4, 0.5) is 0 Å². The zero-order valence-corrected chi connectivity index (χ0v) is 27.3. The van der Waals surface area contributed by atoms with Crippen LogP contribution >= 0.6 is 23.2 Å². The lowest BCUT2D eigenvalue weighted by Crippen LogP contribution is -2.49. The summed E-state index contributed by atoms with van der Waals surface area (Å²) in [7, 11) is 0. The molecule has 45 heavy (non-hydrogen) atoms. The van der Waals surface area contributed by atoms with E-state index in [9.17, 15) is 24.3 Å². The van der Waals surface area contributed by atoms with Gasteiger partial charge in [0.1, 0.15) is 12.1 Å². The standard InChI is InChI=1S/C34H40Cl2N2O7/c1-20(2)15-29-34(43)44-28(21(3)13-14-23-9-6-5-7-10-23)11-8-12-30(39)38-27(32(41)37-19-22(4)33(42)45-29)18-24-16-25(35)31(40)26(36)17-24/h5-10,12-14,16-17,20-22,27-29,40H,11,15,18-19H2,1-4H3,(H,37,41)(H,38,39)/b12-8?,14-13+/t21-,22-,27-,28+,29+/m1/s1. The molecular formula is C34H40Cl2N2O7. The van der Waals surface area contributed by atoms with E-state index in [1.54, 1.807) is 13.0 Å². The van der Waals surface area contributed by atoms with E-state index >= 15 is 0 Å². The minimum atomic E-state index is -1.14. The summed E-state index contributed by atoms with van der Waals surface area (Å²) in [6, 6.07) is 11.5.